The van der Waals surface area contributed by atoms with Crippen molar-refractivity contribution in [1.82, 2.24) is 20.7 Å². The predicted molar refractivity (Wildman–Crippen MR) is 126 cm³/mol. The molecule has 0 aliphatic carbocycles. The molecule has 0 radical (unpaired) electrons. The lowest BCUT2D eigenvalue weighted by Crippen LogP contribution is -1.95. The van der Waals surface area contributed by atoms with Crippen molar-refractivity contribution in [3.05, 3.63) is 79.3 Å². The molecule has 3 aromatic carbocycles. The lowest BCUT2D eigenvalue weighted by molar-refractivity contribution is 0.415. The molecule has 5 rings (SSSR count). The average molecular weight is 431 g/mol. The van der Waals surface area contributed by atoms with Gasteiger partial charge in [0.2, 0.25) is 0 Å². The fourth-order valence-electron chi connectivity index (χ4n) is 3.40. The van der Waals surface area contributed by atoms with E-state index in [2.05, 4.69) is 33.8 Å². The largest absolute Gasteiger partial charge is 0.497 e. The number of benzene rings is 3. The zero-order valence-electron chi connectivity index (χ0n) is 17.3. The highest BCUT2D eigenvalue weighted by molar-refractivity contribution is 7.21. The van der Waals surface area contributed by atoms with Gasteiger partial charge >= 0.3 is 0 Å². The Morgan fingerprint density at radius 1 is 0.806 bits per heavy atom. The summed E-state index contributed by atoms with van der Waals surface area (Å²) in [6.45, 7) is 0. The molecular formula is C24H22N4O2S. The van der Waals surface area contributed by atoms with Crippen LogP contribution in [0.3, 0.4) is 0 Å². The van der Waals surface area contributed by atoms with Crippen LogP contribution in [0.15, 0.2) is 79.3 Å². The number of thiazole rings is 1. The van der Waals surface area contributed by atoms with Crippen LogP contribution in [-0.2, 0) is 0 Å². The summed E-state index contributed by atoms with van der Waals surface area (Å²) < 4.78 is 13.8. The van der Waals surface area contributed by atoms with Crippen LogP contribution in [0.5, 0.6) is 11.5 Å². The third-order valence-electron chi connectivity index (χ3n) is 5.01. The quantitative estimate of drug-likeness (QED) is 0.370. The van der Waals surface area contributed by atoms with Gasteiger partial charge in [-0.15, -0.1) is 11.3 Å². The first kappa shape index (κ1) is 20.6. The van der Waals surface area contributed by atoms with E-state index in [1.165, 1.54) is 0 Å². The first-order valence-corrected chi connectivity index (χ1v) is 10.3. The Morgan fingerprint density at radius 3 is 2.19 bits per heavy atom. The molecule has 0 saturated carbocycles. The van der Waals surface area contributed by atoms with Crippen LogP contribution in [0.4, 0.5) is 0 Å². The molecule has 0 bridgehead atoms. The first-order valence-electron chi connectivity index (χ1n) is 9.47. The van der Waals surface area contributed by atoms with Crippen LogP contribution in [-0.4, -0.2) is 28.8 Å². The molecule has 0 aliphatic rings. The van der Waals surface area contributed by atoms with E-state index in [4.69, 9.17) is 14.5 Å². The van der Waals surface area contributed by atoms with E-state index < -0.39 is 0 Å². The van der Waals surface area contributed by atoms with Crippen molar-refractivity contribution in [2.45, 2.75) is 0 Å². The second-order valence-electron chi connectivity index (χ2n) is 6.78. The van der Waals surface area contributed by atoms with Gasteiger partial charge in [-0.2, -0.15) is 0 Å². The summed E-state index contributed by atoms with van der Waals surface area (Å²) in [6, 6.07) is 22.3. The number of nitrogens with zero attached hydrogens (tertiary/aromatic N) is 3. The highest BCUT2D eigenvalue weighted by Gasteiger charge is 2.10. The van der Waals surface area contributed by atoms with E-state index in [0.29, 0.717) is 0 Å². The first-order chi connectivity index (χ1) is 14.7. The van der Waals surface area contributed by atoms with Gasteiger partial charge < -0.3 is 15.6 Å². The van der Waals surface area contributed by atoms with Crippen LogP contribution < -0.4 is 15.6 Å². The molecule has 0 aliphatic heterocycles. The van der Waals surface area contributed by atoms with Gasteiger partial charge in [-0.05, 0) is 66.7 Å². The minimum Gasteiger partial charge on any atom is -0.497 e. The summed E-state index contributed by atoms with van der Waals surface area (Å²) in [7, 11) is 3.35. The Balaban J connectivity index is 0.00000231. The van der Waals surface area contributed by atoms with Crippen molar-refractivity contribution in [2.24, 2.45) is 0 Å². The number of ether oxygens (including phenoxy) is 2. The summed E-state index contributed by atoms with van der Waals surface area (Å²) in [5, 5.41) is 0.991. The van der Waals surface area contributed by atoms with Crippen LogP contribution in [0.25, 0.3) is 37.7 Å². The van der Waals surface area contributed by atoms with Crippen molar-refractivity contribution in [3.8, 4) is 39.0 Å². The monoisotopic (exact) mass is 430 g/mol. The van der Waals surface area contributed by atoms with Gasteiger partial charge in [0.15, 0.2) is 0 Å². The number of hydrogen-bond donors (Lipinski definition) is 1. The Kier molecular flexibility index (Phi) is 5.70. The summed E-state index contributed by atoms with van der Waals surface area (Å²) >= 11 is 1.66. The fourth-order valence-corrected chi connectivity index (χ4v) is 4.40. The molecule has 0 fully saturated rings. The van der Waals surface area contributed by atoms with Gasteiger partial charge in [-0.3, -0.25) is 4.57 Å². The van der Waals surface area contributed by atoms with Crippen molar-refractivity contribution < 1.29 is 9.47 Å². The maximum absolute atomic E-state index is 5.32. The standard InChI is InChI=1S/C24H19N3O2S.H3N/c1-28-19-9-5-16(6-10-19)22-14-25-15-27(22)18-7-3-17(4-8-18)24-26-21-12-11-20(29-2)13-23(21)30-24;/h3-15H,1-2H3;1H3. The lowest BCUT2D eigenvalue weighted by atomic mass is 10.1. The normalized spacial score (nSPS) is 10.6. The zero-order chi connectivity index (χ0) is 20.5. The summed E-state index contributed by atoms with van der Waals surface area (Å²) in [5.74, 6) is 1.68. The molecule has 7 heteroatoms. The van der Waals surface area contributed by atoms with Crippen molar-refractivity contribution >= 4 is 21.6 Å². The molecule has 3 N–H and O–H groups in total. The molecule has 6 nitrogen and oxygen atoms in total. The van der Waals surface area contributed by atoms with E-state index >= 15 is 0 Å². The van der Waals surface area contributed by atoms with Crippen molar-refractivity contribution in [1.29, 1.82) is 0 Å². The SMILES string of the molecule is COc1ccc(-c2cncn2-c2ccc(-c3nc4ccc(OC)cc4s3)cc2)cc1.N. The minimum absolute atomic E-state index is 0. The summed E-state index contributed by atoms with van der Waals surface area (Å²) in [6.07, 6.45) is 3.70. The fraction of sp³-hybridized carbons (Fsp3) is 0.0833. The summed E-state index contributed by atoms with van der Waals surface area (Å²) in [5.41, 5.74) is 5.22. The smallest absolute Gasteiger partial charge is 0.124 e. The van der Waals surface area contributed by atoms with Crippen LogP contribution in [0.2, 0.25) is 0 Å². The van der Waals surface area contributed by atoms with E-state index in [1.54, 1.807) is 25.6 Å². The molecule has 5 aromatic rings. The van der Waals surface area contributed by atoms with Gasteiger partial charge in [0, 0.05) is 16.8 Å². The molecule has 2 aromatic heterocycles. The Bertz CT molecular complexity index is 1310. The molecule has 0 saturated heterocycles. The van der Waals surface area contributed by atoms with Gasteiger partial charge in [-0.1, -0.05) is 0 Å². The van der Waals surface area contributed by atoms with E-state index in [0.717, 1.165) is 49.2 Å². The molecule has 0 spiro atoms. The lowest BCUT2D eigenvalue weighted by Gasteiger charge is -2.09. The van der Waals surface area contributed by atoms with Gasteiger partial charge in [-0.25, -0.2) is 9.97 Å². The van der Waals surface area contributed by atoms with E-state index in [9.17, 15) is 0 Å². The Morgan fingerprint density at radius 2 is 1.48 bits per heavy atom. The molecule has 2 heterocycles. The molecular weight excluding hydrogens is 408 g/mol. The highest BCUT2D eigenvalue weighted by atomic mass is 32.1. The van der Waals surface area contributed by atoms with Crippen LogP contribution in [0.1, 0.15) is 0 Å². The Hall–Kier alpha value is -3.68. The molecule has 31 heavy (non-hydrogen) atoms. The molecule has 0 atom stereocenters. The number of hydrogen-bond acceptors (Lipinski definition) is 6. The number of rotatable bonds is 5. The van der Waals surface area contributed by atoms with Gasteiger partial charge in [0.1, 0.15) is 16.5 Å². The maximum atomic E-state index is 5.32. The zero-order valence-corrected chi connectivity index (χ0v) is 18.1. The number of fused-ring (bicyclic) bond motifs is 1. The van der Waals surface area contributed by atoms with E-state index in [1.807, 2.05) is 55.0 Å². The molecule has 0 amide bonds. The van der Waals surface area contributed by atoms with Gasteiger partial charge in [0.05, 0.1) is 42.7 Å². The molecule has 0 unspecified atom stereocenters. The number of aromatic nitrogens is 3. The van der Waals surface area contributed by atoms with Crippen molar-refractivity contribution in [2.75, 3.05) is 14.2 Å². The third-order valence-corrected chi connectivity index (χ3v) is 6.08. The predicted octanol–water partition coefficient (Wildman–Crippen LogP) is 6.00. The highest BCUT2D eigenvalue weighted by Crippen LogP contribution is 2.33. The molecule has 156 valence electrons. The number of imidazole rings is 1. The van der Waals surface area contributed by atoms with Gasteiger partial charge in [0.25, 0.3) is 0 Å². The van der Waals surface area contributed by atoms with Crippen LogP contribution in [0, 0.1) is 0 Å². The second kappa shape index (κ2) is 8.59. The van der Waals surface area contributed by atoms with E-state index in [-0.39, 0.29) is 6.15 Å². The maximum Gasteiger partial charge on any atom is 0.124 e. The number of methoxy groups -OCH3 is 2. The second-order valence-corrected chi connectivity index (χ2v) is 7.81. The average Bonchev–Trinajstić information content (AvgIpc) is 3.46. The minimum atomic E-state index is 0. The topological polar surface area (TPSA) is 84.2 Å². The van der Waals surface area contributed by atoms with Crippen LogP contribution >= 0.6 is 11.3 Å². The Labute approximate surface area is 184 Å². The third kappa shape index (κ3) is 3.88. The van der Waals surface area contributed by atoms with Crippen molar-refractivity contribution in [3.63, 3.8) is 0 Å². The summed E-state index contributed by atoms with van der Waals surface area (Å²) in [4.78, 5) is 9.12.